The Morgan fingerprint density at radius 1 is 1.23 bits per heavy atom. The van der Waals surface area contributed by atoms with E-state index < -0.39 is 11.7 Å². The molecule has 0 nitrogen and oxygen atoms in total. The first-order chi connectivity index (χ1) is 6.05. The van der Waals surface area contributed by atoms with Crippen molar-refractivity contribution in [2.24, 2.45) is 0 Å². The van der Waals surface area contributed by atoms with Crippen LogP contribution in [0, 0.1) is 0 Å². The Morgan fingerprint density at radius 2 is 1.85 bits per heavy atom. The van der Waals surface area contributed by atoms with Gasteiger partial charge in [-0.2, -0.15) is 13.2 Å². The molecule has 0 radical (unpaired) electrons. The van der Waals surface area contributed by atoms with E-state index in [1.165, 1.54) is 6.07 Å². The zero-order valence-corrected chi connectivity index (χ0v) is 8.15. The zero-order valence-electron chi connectivity index (χ0n) is 7.15. The van der Waals surface area contributed by atoms with Crippen LogP contribution >= 0.6 is 8.58 Å². The molecule has 0 spiro atoms. The van der Waals surface area contributed by atoms with Crippen molar-refractivity contribution in [3.63, 3.8) is 0 Å². The third-order valence-corrected chi connectivity index (χ3v) is 2.77. The lowest BCUT2D eigenvalue weighted by molar-refractivity contribution is -0.136. The third kappa shape index (κ3) is 2.70. The van der Waals surface area contributed by atoms with E-state index >= 15 is 0 Å². The van der Waals surface area contributed by atoms with Gasteiger partial charge in [0.2, 0.25) is 0 Å². The summed E-state index contributed by atoms with van der Waals surface area (Å²) in [6.07, 6.45) is -3.45. The van der Waals surface area contributed by atoms with Crippen molar-refractivity contribution in [3.8, 4) is 0 Å². The summed E-state index contributed by atoms with van der Waals surface area (Å²) in [7, 11) is 0.240. The molecule has 0 saturated carbocycles. The van der Waals surface area contributed by atoms with E-state index in [0.717, 1.165) is 12.2 Å². The van der Waals surface area contributed by atoms with Crippen LogP contribution in [-0.2, 0) is 6.18 Å². The van der Waals surface area contributed by atoms with Crippen molar-refractivity contribution in [3.05, 3.63) is 29.8 Å². The average Bonchev–Trinajstić information content (AvgIpc) is 2.04. The van der Waals surface area contributed by atoms with Gasteiger partial charge in [0.25, 0.3) is 0 Å². The van der Waals surface area contributed by atoms with Gasteiger partial charge in [0.1, 0.15) is 0 Å². The van der Waals surface area contributed by atoms with E-state index in [2.05, 4.69) is 0 Å². The summed E-state index contributed by atoms with van der Waals surface area (Å²) in [5.41, 5.74) is -0.491. The lowest BCUT2D eigenvalue weighted by Gasteiger charge is -2.11. The van der Waals surface area contributed by atoms with E-state index in [9.17, 15) is 13.2 Å². The summed E-state index contributed by atoms with van der Waals surface area (Å²) in [4.78, 5) is 0. The number of rotatable bonds is 2. The van der Waals surface area contributed by atoms with E-state index in [-0.39, 0.29) is 8.58 Å². The molecule has 4 heteroatoms. The first-order valence-corrected chi connectivity index (χ1v) is 5.16. The van der Waals surface area contributed by atoms with Gasteiger partial charge >= 0.3 is 6.18 Å². The van der Waals surface area contributed by atoms with Crippen LogP contribution in [0.15, 0.2) is 24.3 Å². The van der Waals surface area contributed by atoms with Crippen LogP contribution in [0.4, 0.5) is 13.2 Å². The molecule has 1 aromatic rings. The van der Waals surface area contributed by atoms with Crippen molar-refractivity contribution in [1.82, 2.24) is 0 Å². The fourth-order valence-corrected chi connectivity index (χ4v) is 2.09. The minimum atomic E-state index is -4.21. The Hall–Kier alpha value is -0.560. The summed E-state index contributed by atoms with van der Waals surface area (Å²) < 4.78 is 37.1. The van der Waals surface area contributed by atoms with E-state index in [1.54, 1.807) is 12.1 Å². The van der Waals surface area contributed by atoms with Crippen molar-refractivity contribution >= 4 is 13.9 Å². The Kier molecular flexibility index (Phi) is 3.32. The highest BCUT2D eigenvalue weighted by molar-refractivity contribution is 7.47. The molecule has 1 atom stereocenters. The lowest BCUT2D eigenvalue weighted by Crippen LogP contribution is -2.15. The van der Waals surface area contributed by atoms with E-state index in [0.29, 0.717) is 5.30 Å². The molecule has 0 N–H and O–H groups in total. The molecule has 1 unspecified atom stereocenters. The zero-order chi connectivity index (χ0) is 9.90. The van der Waals surface area contributed by atoms with Crippen LogP contribution in [0.25, 0.3) is 0 Å². The topological polar surface area (TPSA) is 0 Å². The molecule has 0 aliphatic carbocycles. The maximum absolute atomic E-state index is 12.4. The average molecular weight is 206 g/mol. The molecule has 0 aliphatic rings. The van der Waals surface area contributed by atoms with Crippen molar-refractivity contribution in [2.45, 2.75) is 13.1 Å². The van der Waals surface area contributed by atoms with Crippen molar-refractivity contribution in [1.29, 1.82) is 0 Å². The second kappa shape index (κ2) is 4.10. The number of hydrogen-bond donors (Lipinski definition) is 0. The van der Waals surface area contributed by atoms with Crippen LogP contribution in [0.5, 0.6) is 0 Å². The van der Waals surface area contributed by atoms with Gasteiger partial charge in [0.05, 0.1) is 5.56 Å². The van der Waals surface area contributed by atoms with Crippen LogP contribution in [0.2, 0.25) is 0 Å². The Bertz CT molecular complexity index is 280. The van der Waals surface area contributed by atoms with Crippen LogP contribution in [0.1, 0.15) is 12.5 Å². The molecule has 0 heterocycles. The minimum absolute atomic E-state index is 0.240. The summed E-state index contributed by atoms with van der Waals surface area (Å²) in [6.45, 7) is 1.88. The van der Waals surface area contributed by atoms with Crippen molar-refractivity contribution in [2.75, 3.05) is 6.16 Å². The lowest BCUT2D eigenvalue weighted by atomic mass is 10.2. The standard InChI is InChI=1S/C9H10F3P/c1-2-13-8-6-4-3-5-7(8)9(10,11)12/h3-6,13H,2H2,1H3. The van der Waals surface area contributed by atoms with Gasteiger partial charge < -0.3 is 0 Å². The first-order valence-electron chi connectivity index (χ1n) is 3.95. The molecule has 0 aromatic heterocycles. The summed E-state index contributed by atoms with van der Waals surface area (Å²) in [5, 5.41) is 0.414. The monoisotopic (exact) mass is 206 g/mol. The van der Waals surface area contributed by atoms with Crippen LogP contribution < -0.4 is 5.30 Å². The highest BCUT2D eigenvalue weighted by atomic mass is 31.1. The Morgan fingerprint density at radius 3 is 2.38 bits per heavy atom. The SMILES string of the molecule is CCPc1ccccc1C(F)(F)F. The number of alkyl halides is 3. The predicted molar refractivity (Wildman–Crippen MR) is 49.9 cm³/mol. The van der Waals surface area contributed by atoms with Gasteiger partial charge in [-0.1, -0.05) is 33.7 Å². The van der Waals surface area contributed by atoms with Gasteiger partial charge in [-0.3, -0.25) is 0 Å². The molecule has 13 heavy (non-hydrogen) atoms. The van der Waals surface area contributed by atoms with Crippen LogP contribution in [0.3, 0.4) is 0 Å². The van der Waals surface area contributed by atoms with Gasteiger partial charge in [-0.15, -0.1) is 0 Å². The van der Waals surface area contributed by atoms with Crippen molar-refractivity contribution < 1.29 is 13.2 Å². The minimum Gasteiger partial charge on any atom is -0.166 e. The molecular weight excluding hydrogens is 196 g/mol. The molecular formula is C9H10F3P. The number of halogens is 3. The quantitative estimate of drug-likeness (QED) is 0.652. The normalized spacial score (nSPS) is 12.6. The molecule has 0 bridgehead atoms. The maximum atomic E-state index is 12.4. The molecule has 1 rings (SSSR count). The molecule has 0 aliphatic heterocycles. The third-order valence-electron chi connectivity index (χ3n) is 1.60. The molecule has 0 fully saturated rings. The fraction of sp³-hybridized carbons (Fsp3) is 0.333. The van der Waals surface area contributed by atoms with Gasteiger partial charge in [-0.05, 0) is 17.5 Å². The summed E-state index contributed by atoms with van der Waals surface area (Å²) in [6, 6.07) is 5.75. The summed E-state index contributed by atoms with van der Waals surface area (Å²) in [5.74, 6) is 0. The highest BCUT2D eigenvalue weighted by Gasteiger charge is 2.32. The molecule has 0 amide bonds. The fourth-order valence-electron chi connectivity index (χ4n) is 1.07. The molecule has 1 aromatic carbocycles. The molecule has 0 saturated heterocycles. The Balaban J connectivity index is 3.05. The Labute approximate surface area is 76.9 Å². The first kappa shape index (κ1) is 10.5. The maximum Gasteiger partial charge on any atom is 0.417 e. The van der Waals surface area contributed by atoms with E-state index in [4.69, 9.17) is 0 Å². The van der Waals surface area contributed by atoms with Gasteiger partial charge in [-0.25, -0.2) is 0 Å². The largest absolute Gasteiger partial charge is 0.417 e. The second-order valence-electron chi connectivity index (χ2n) is 2.57. The van der Waals surface area contributed by atoms with E-state index in [1.807, 2.05) is 6.92 Å². The number of benzene rings is 1. The van der Waals surface area contributed by atoms with Gasteiger partial charge in [0.15, 0.2) is 0 Å². The highest BCUT2D eigenvalue weighted by Crippen LogP contribution is 2.30. The number of hydrogen-bond acceptors (Lipinski definition) is 0. The smallest absolute Gasteiger partial charge is 0.166 e. The predicted octanol–water partition coefficient (Wildman–Crippen LogP) is 3.03. The van der Waals surface area contributed by atoms with Gasteiger partial charge in [0, 0.05) is 0 Å². The second-order valence-corrected chi connectivity index (χ2v) is 4.17. The summed E-state index contributed by atoms with van der Waals surface area (Å²) >= 11 is 0. The molecule has 72 valence electrons. The van der Waals surface area contributed by atoms with Crippen LogP contribution in [-0.4, -0.2) is 6.16 Å².